The Hall–Kier alpha value is -2.34. The monoisotopic (exact) mass is 475 g/mol. The van der Waals surface area contributed by atoms with Crippen molar-refractivity contribution in [2.45, 2.75) is 63.5 Å². The summed E-state index contributed by atoms with van der Waals surface area (Å²) in [6.07, 6.45) is -0.611. The molecule has 2 saturated heterocycles. The van der Waals surface area contributed by atoms with Gasteiger partial charge in [-0.1, -0.05) is 12.8 Å². The van der Waals surface area contributed by atoms with Crippen molar-refractivity contribution in [1.82, 2.24) is 10.6 Å². The Bertz CT molecular complexity index is 778. The highest BCUT2D eigenvalue weighted by Gasteiger charge is 2.36. The van der Waals surface area contributed by atoms with Crippen molar-refractivity contribution in [2.75, 3.05) is 19.8 Å². The minimum atomic E-state index is -5.00. The highest BCUT2D eigenvalue weighted by atomic mass is 19.4. The second-order valence-corrected chi connectivity index (χ2v) is 8.68. The van der Waals surface area contributed by atoms with Crippen LogP contribution in [0.25, 0.3) is 0 Å². The van der Waals surface area contributed by atoms with E-state index < -0.39 is 54.5 Å². The fourth-order valence-corrected chi connectivity index (χ4v) is 3.92. The number of hydrogen-bond acceptors (Lipinski definition) is 6. The third-order valence-corrected chi connectivity index (χ3v) is 5.97. The molecule has 0 aromatic rings. The molecular weight excluding hydrogens is 447 g/mol. The molecule has 2 N–H and O–H groups in total. The first-order valence-corrected chi connectivity index (χ1v) is 11.1. The Labute approximate surface area is 188 Å². The number of nitrogens with one attached hydrogen (secondary N) is 2. The molecule has 2 aliphatic heterocycles. The number of hydrogen-bond donors (Lipinski definition) is 2. The van der Waals surface area contributed by atoms with Crippen LogP contribution in [0.1, 0.15) is 44.9 Å². The average molecular weight is 475 g/mol. The molecule has 3 amide bonds. The van der Waals surface area contributed by atoms with E-state index in [4.69, 9.17) is 4.74 Å². The Balaban J connectivity index is 1.67. The summed E-state index contributed by atoms with van der Waals surface area (Å²) in [5.74, 6) is -3.60. The van der Waals surface area contributed by atoms with Gasteiger partial charge in [0.1, 0.15) is 12.7 Å². The molecule has 0 bridgehead atoms. The van der Waals surface area contributed by atoms with Gasteiger partial charge in [-0.15, -0.1) is 13.2 Å². The van der Waals surface area contributed by atoms with Gasteiger partial charge in [0, 0.05) is 25.3 Å². The lowest BCUT2D eigenvalue weighted by atomic mass is 9.94. The Morgan fingerprint density at radius 3 is 2.55 bits per heavy atom. The van der Waals surface area contributed by atoms with Gasteiger partial charge < -0.3 is 15.4 Å². The minimum absolute atomic E-state index is 0.139. The quantitative estimate of drug-likeness (QED) is 0.434. The predicted molar refractivity (Wildman–Crippen MR) is 108 cm³/mol. The first kappa shape index (κ1) is 25.3. The molecule has 3 fully saturated rings. The van der Waals surface area contributed by atoms with Crippen LogP contribution in [0, 0.1) is 17.8 Å². The summed E-state index contributed by atoms with van der Waals surface area (Å²) in [4.78, 5) is 53.3. The summed E-state index contributed by atoms with van der Waals surface area (Å²) >= 11 is 0. The maximum atomic E-state index is 13.0. The van der Waals surface area contributed by atoms with E-state index in [0.717, 1.165) is 19.3 Å². The predicted octanol–water partition coefficient (Wildman–Crippen LogP) is 1.30. The van der Waals surface area contributed by atoms with Crippen LogP contribution in [0.2, 0.25) is 0 Å². The van der Waals surface area contributed by atoms with E-state index in [9.17, 15) is 32.3 Å². The van der Waals surface area contributed by atoms with Crippen LogP contribution in [0.15, 0.2) is 4.99 Å². The fraction of sp³-hybridized carbons (Fsp3) is 0.762. The first-order valence-electron chi connectivity index (χ1n) is 11.1. The molecule has 0 aromatic carbocycles. The molecule has 0 radical (unpaired) electrons. The fourth-order valence-electron chi connectivity index (χ4n) is 3.92. The summed E-state index contributed by atoms with van der Waals surface area (Å²) in [6.45, 7) is -0.419. The van der Waals surface area contributed by atoms with Gasteiger partial charge >= 0.3 is 6.36 Å². The highest BCUT2D eigenvalue weighted by molar-refractivity contribution is 6.00. The van der Waals surface area contributed by atoms with Gasteiger partial charge in [0.05, 0.1) is 12.0 Å². The van der Waals surface area contributed by atoms with Crippen molar-refractivity contribution in [1.29, 1.82) is 0 Å². The number of alkyl halides is 3. The van der Waals surface area contributed by atoms with Gasteiger partial charge in [-0.25, -0.2) is 4.99 Å². The summed E-state index contributed by atoms with van der Waals surface area (Å²) in [5, 5.41) is 5.07. The van der Waals surface area contributed by atoms with Crippen molar-refractivity contribution < 1.29 is 41.8 Å². The summed E-state index contributed by atoms with van der Waals surface area (Å²) < 4.78 is 46.1. The Morgan fingerprint density at radius 2 is 1.97 bits per heavy atom. The van der Waals surface area contributed by atoms with Gasteiger partial charge in [-0.05, 0) is 38.0 Å². The van der Waals surface area contributed by atoms with Crippen LogP contribution in [0.4, 0.5) is 13.2 Å². The molecule has 12 heteroatoms. The standard InChI is InChI=1S/C21H28F3N3O6/c22-21(23,24)33-11-16(28)15(9-13-5-6-25-18(13)29)27-19(30)14(8-12-3-4-12)10-26-20(31)17-2-1-7-32-17/h10,12-15,17H,1-9,11H2,(H,25,29)(H,27,30)/b26-10+/t13-,14?,15-,17+/m0/s1. The number of aliphatic imine (C=N–C) groups is 1. The second-order valence-electron chi connectivity index (χ2n) is 8.68. The van der Waals surface area contributed by atoms with Gasteiger partial charge in [0.2, 0.25) is 11.8 Å². The zero-order valence-electron chi connectivity index (χ0n) is 18.1. The SMILES string of the molecule is O=C(N[C@@H](C[C@@H]1CCNC1=O)C(=O)COC(F)(F)F)C(/C=N/C(=O)[C@H]1CCCO1)CC1CC1. The van der Waals surface area contributed by atoms with E-state index in [-0.39, 0.29) is 18.2 Å². The molecule has 0 aromatic heterocycles. The van der Waals surface area contributed by atoms with E-state index in [2.05, 4.69) is 20.4 Å². The lowest BCUT2D eigenvalue weighted by Crippen LogP contribution is -2.47. The normalized spacial score (nSPS) is 25.1. The number of amides is 3. The topological polar surface area (TPSA) is 123 Å². The maximum absolute atomic E-state index is 13.0. The van der Waals surface area contributed by atoms with E-state index in [1.54, 1.807) is 0 Å². The van der Waals surface area contributed by atoms with Crippen molar-refractivity contribution in [2.24, 2.45) is 22.7 Å². The third-order valence-electron chi connectivity index (χ3n) is 5.97. The van der Waals surface area contributed by atoms with E-state index in [1.165, 1.54) is 6.21 Å². The first-order chi connectivity index (χ1) is 15.6. The molecule has 184 valence electrons. The molecule has 9 nitrogen and oxygen atoms in total. The van der Waals surface area contributed by atoms with Gasteiger partial charge in [0.15, 0.2) is 5.78 Å². The molecule has 1 unspecified atom stereocenters. The molecule has 2 heterocycles. The largest absolute Gasteiger partial charge is 0.522 e. The lowest BCUT2D eigenvalue weighted by molar-refractivity contribution is -0.321. The third kappa shape index (κ3) is 8.18. The Morgan fingerprint density at radius 1 is 1.21 bits per heavy atom. The van der Waals surface area contributed by atoms with Gasteiger partial charge in [0.25, 0.3) is 5.91 Å². The average Bonchev–Trinajstić information content (AvgIpc) is 3.22. The van der Waals surface area contributed by atoms with E-state index in [0.29, 0.717) is 32.4 Å². The molecule has 0 spiro atoms. The molecule has 4 atom stereocenters. The lowest BCUT2D eigenvalue weighted by Gasteiger charge is -2.22. The number of rotatable bonds is 11. The Kier molecular flexibility index (Phi) is 8.57. The number of halogens is 3. The van der Waals surface area contributed by atoms with Crippen molar-refractivity contribution in [3.05, 3.63) is 0 Å². The molecule has 1 aliphatic carbocycles. The van der Waals surface area contributed by atoms with Crippen molar-refractivity contribution in [3.63, 3.8) is 0 Å². The van der Waals surface area contributed by atoms with Crippen LogP contribution in [0.5, 0.6) is 0 Å². The zero-order valence-corrected chi connectivity index (χ0v) is 18.1. The van der Waals surface area contributed by atoms with Gasteiger partial charge in [-0.2, -0.15) is 0 Å². The van der Waals surface area contributed by atoms with Crippen molar-refractivity contribution in [3.8, 4) is 0 Å². The maximum Gasteiger partial charge on any atom is 0.522 e. The van der Waals surface area contributed by atoms with Gasteiger partial charge in [-0.3, -0.25) is 23.9 Å². The van der Waals surface area contributed by atoms with Crippen LogP contribution in [-0.4, -0.2) is 68.0 Å². The van der Waals surface area contributed by atoms with Crippen LogP contribution < -0.4 is 10.6 Å². The number of carbonyl (C=O) groups is 4. The molecule has 3 aliphatic rings. The zero-order chi connectivity index (χ0) is 24.0. The smallest absolute Gasteiger partial charge is 0.368 e. The highest BCUT2D eigenvalue weighted by Crippen LogP contribution is 2.35. The second kappa shape index (κ2) is 11.2. The number of nitrogens with zero attached hydrogens (tertiary/aromatic N) is 1. The van der Waals surface area contributed by atoms with Crippen LogP contribution >= 0.6 is 0 Å². The summed E-state index contributed by atoms with van der Waals surface area (Å²) in [7, 11) is 0. The molecule has 1 saturated carbocycles. The number of carbonyl (C=O) groups excluding carboxylic acids is 4. The molecule has 33 heavy (non-hydrogen) atoms. The van der Waals surface area contributed by atoms with Crippen molar-refractivity contribution >= 4 is 29.7 Å². The summed E-state index contributed by atoms with van der Waals surface area (Å²) in [6, 6.07) is -1.34. The van der Waals surface area contributed by atoms with Crippen LogP contribution in [-0.2, 0) is 28.7 Å². The number of ketones is 1. The minimum Gasteiger partial charge on any atom is -0.368 e. The summed E-state index contributed by atoms with van der Waals surface area (Å²) in [5.41, 5.74) is 0. The molecular formula is C21H28F3N3O6. The van der Waals surface area contributed by atoms with E-state index in [1.807, 2.05) is 0 Å². The number of Topliss-reactive ketones (excluding diaryl/α,β-unsaturated/α-hetero) is 1. The van der Waals surface area contributed by atoms with E-state index >= 15 is 0 Å². The molecule has 3 rings (SSSR count). The van der Waals surface area contributed by atoms with Crippen LogP contribution in [0.3, 0.4) is 0 Å². The number of ether oxygens (including phenoxy) is 2.